The Hall–Kier alpha value is -1.92. The summed E-state index contributed by atoms with van der Waals surface area (Å²) in [6, 6.07) is 3.32. The van der Waals surface area contributed by atoms with Gasteiger partial charge in [-0.2, -0.15) is 5.06 Å². The summed E-state index contributed by atoms with van der Waals surface area (Å²) >= 11 is 0. The average molecular weight is 276 g/mol. The summed E-state index contributed by atoms with van der Waals surface area (Å²) in [4.78, 5) is 29.1. The Morgan fingerprint density at radius 1 is 1.20 bits per heavy atom. The summed E-state index contributed by atoms with van der Waals surface area (Å²) in [7, 11) is 1.71. The van der Waals surface area contributed by atoms with Crippen LogP contribution in [0.5, 0.6) is 5.75 Å². The van der Waals surface area contributed by atoms with E-state index in [0.29, 0.717) is 0 Å². The van der Waals surface area contributed by atoms with Gasteiger partial charge in [-0.15, -0.1) is 0 Å². The van der Waals surface area contributed by atoms with Gasteiger partial charge in [-0.25, -0.2) is 0 Å². The molecule has 2 saturated heterocycles. The molecule has 0 radical (unpaired) electrons. The maximum atomic E-state index is 11.9. The number of nitrogens with zero attached hydrogens (tertiary/aromatic N) is 1. The number of phenols is 1. The number of carbonyl (C=O) groups excluding carboxylic acids is 2. The van der Waals surface area contributed by atoms with Crippen LogP contribution in [0.2, 0.25) is 0 Å². The molecule has 3 unspecified atom stereocenters. The van der Waals surface area contributed by atoms with E-state index in [-0.39, 0.29) is 23.6 Å². The molecule has 3 rings (SSSR count). The second kappa shape index (κ2) is 4.29. The Morgan fingerprint density at radius 3 is 2.40 bits per heavy atom. The molecule has 1 aromatic carbocycles. The van der Waals surface area contributed by atoms with Crippen molar-refractivity contribution in [2.75, 3.05) is 7.05 Å². The number of hydrogen-bond acceptors (Lipinski definition) is 5. The van der Waals surface area contributed by atoms with Crippen LogP contribution in [0.25, 0.3) is 0 Å². The molecule has 0 spiro atoms. The van der Waals surface area contributed by atoms with E-state index in [2.05, 4.69) is 5.32 Å². The van der Waals surface area contributed by atoms with E-state index in [1.165, 1.54) is 0 Å². The van der Waals surface area contributed by atoms with E-state index in [1.54, 1.807) is 26.0 Å². The fraction of sp³-hybridized carbons (Fsp3) is 0.429. The van der Waals surface area contributed by atoms with Crippen LogP contribution < -0.4 is 5.32 Å². The van der Waals surface area contributed by atoms with Crippen LogP contribution in [0.4, 0.5) is 0 Å². The van der Waals surface area contributed by atoms with E-state index >= 15 is 0 Å². The molecule has 3 atom stereocenters. The van der Waals surface area contributed by atoms with Crippen LogP contribution in [-0.2, 0) is 14.4 Å². The first-order valence-corrected chi connectivity index (χ1v) is 6.44. The summed E-state index contributed by atoms with van der Waals surface area (Å²) < 4.78 is 0. The Bertz CT molecular complexity index is 590. The lowest BCUT2D eigenvalue weighted by Crippen LogP contribution is -2.31. The minimum absolute atomic E-state index is 0.249. The summed E-state index contributed by atoms with van der Waals surface area (Å²) in [5.74, 6) is -0.992. The van der Waals surface area contributed by atoms with E-state index in [4.69, 9.17) is 4.84 Å². The fourth-order valence-corrected chi connectivity index (χ4v) is 3.05. The fourth-order valence-electron chi connectivity index (χ4n) is 3.05. The van der Waals surface area contributed by atoms with Crippen LogP contribution in [0, 0.1) is 19.8 Å². The molecule has 6 nitrogen and oxygen atoms in total. The summed E-state index contributed by atoms with van der Waals surface area (Å²) in [6.07, 6.45) is -0.757. The average Bonchev–Trinajstić information content (AvgIpc) is 2.84. The maximum Gasteiger partial charge on any atom is 0.258 e. The highest BCUT2D eigenvalue weighted by molar-refractivity contribution is 6.07. The third-order valence-corrected chi connectivity index (χ3v) is 4.00. The van der Waals surface area contributed by atoms with E-state index < -0.39 is 12.0 Å². The highest BCUT2D eigenvalue weighted by Crippen LogP contribution is 2.42. The Kier molecular flexibility index (Phi) is 2.81. The molecule has 2 amide bonds. The third-order valence-electron chi connectivity index (χ3n) is 4.00. The number of phenolic OH excluding ortho intramolecular Hbond substituents is 1. The smallest absolute Gasteiger partial charge is 0.258 e. The van der Waals surface area contributed by atoms with Crippen LogP contribution >= 0.6 is 0 Å². The number of hydroxylamine groups is 2. The molecule has 0 bridgehead atoms. The molecule has 20 heavy (non-hydrogen) atoms. The zero-order chi connectivity index (χ0) is 14.6. The molecule has 0 aromatic heterocycles. The van der Waals surface area contributed by atoms with Crippen molar-refractivity contribution in [1.82, 2.24) is 10.4 Å². The van der Waals surface area contributed by atoms with Gasteiger partial charge in [0.1, 0.15) is 5.75 Å². The van der Waals surface area contributed by atoms with E-state index in [0.717, 1.165) is 16.7 Å². The highest BCUT2D eigenvalue weighted by atomic mass is 16.7. The zero-order valence-corrected chi connectivity index (χ0v) is 11.5. The molecule has 6 heteroatoms. The molecule has 0 saturated carbocycles. The summed E-state index contributed by atoms with van der Waals surface area (Å²) in [5.41, 5.74) is 2.33. The van der Waals surface area contributed by atoms with Gasteiger partial charge in [0.05, 0.1) is 12.0 Å². The topological polar surface area (TPSA) is 78.9 Å². The van der Waals surface area contributed by atoms with Crippen molar-refractivity contribution in [2.24, 2.45) is 5.92 Å². The van der Waals surface area contributed by atoms with Gasteiger partial charge in [-0.05, 0) is 30.5 Å². The van der Waals surface area contributed by atoms with Crippen molar-refractivity contribution in [2.45, 2.75) is 26.0 Å². The standard InChI is InChI=1S/C14H16N2O4/c1-6-4-8(5-7(2)11(6)17)10-9-12(20-16(10)3)14(19)15-13(9)18/h4-5,9-10,12,17H,1-3H3,(H,15,18,19). The van der Waals surface area contributed by atoms with Crippen molar-refractivity contribution in [3.05, 3.63) is 28.8 Å². The lowest BCUT2D eigenvalue weighted by atomic mass is 9.89. The summed E-state index contributed by atoms with van der Waals surface area (Å²) in [5, 5.41) is 13.7. The second-order valence-electron chi connectivity index (χ2n) is 5.40. The minimum atomic E-state index is -0.757. The number of imide groups is 1. The molecule has 2 aliphatic heterocycles. The number of nitrogens with one attached hydrogen (secondary N) is 1. The zero-order valence-electron chi connectivity index (χ0n) is 11.5. The van der Waals surface area contributed by atoms with E-state index in [1.807, 2.05) is 12.1 Å². The monoisotopic (exact) mass is 276 g/mol. The second-order valence-corrected chi connectivity index (χ2v) is 5.40. The predicted octanol–water partition coefficient (Wildman–Crippen LogP) is 0.568. The van der Waals surface area contributed by atoms with Crippen LogP contribution in [0.15, 0.2) is 12.1 Å². The first kappa shape index (κ1) is 13.1. The lowest BCUT2D eigenvalue weighted by molar-refractivity contribution is -0.162. The molecule has 2 fully saturated rings. The van der Waals surface area contributed by atoms with E-state index in [9.17, 15) is 14.7 Å². The normalized spacial score (nSPS) is 29.6. The van der Waals surface area contributed by atoms with Gasteiger partial charge in [0, 0.05) is 7.05 Å². The molecule has 106 valence electrons. The minimum Gasteiger partial charge on any atom is -0.507 e. The Morgan fingerprint density at radius 2 is 1.80 bits per heavy atom. The molecule has 1 aromatic rings. The van der Waals surface area contributed by atoms with Gasteiger partial charge in [0.15, 0.2) is 6.10 Å². The molecular weight excluding hydrogens is 260 g/mol. The number of aryl methyl sites for hydroxylation is 2. The molecule has 2 N–H and O–H groups in total. The molecular formula is C14H16N2O4. The molecule has 2 aliphatic rings. The maximum absolute atomic E-state index is 11.9. The quantitative estimate of drug-likeness (QED) is 0.733. The summed E-state index contributed by atoms with van der Waals surface area (Å²) in [6.45, 7) is 3.61. The van der Waals surface area contributed by atoms with Crippen molar-refractivity contribution in [3.63, 3.8) is 0 Å². The van der Waals surface area contributed by atoms with Gasteiger partial charge < -0.3 is 5.11 Å². The number of fused-ring (bicyclic) bond motifs is 1. The van der Waals surface area contributed by atoms with Crippen molar-refractivity contribution < 1.29 is 19.5 Å². The van der Waals surface area contributed by atoms with Crippen LogP contribution in [0.3, 0.4) is 0 Å². The number of carbonyl (C=O) groups is 2. The number of aromatic hydroxyl groups is 1. The number of rotatable bonds is 1. The van der Waals surface area contributed by atoms with Crippen molar-refractivity contribution in [1.29, 1.82) is 0 Å². The van der Waals surface area contributed by atoms with Gasteiger partial charge in [0.2, 0.25) is 5.91 Å². The Balaban J connectivity index is 2.05. The Labute approximate surface area is 116 Å². The lowest BCUT2D eigenvalue weighted by Gasteiger charge is -2.22. The predicted molar refractivity (Wildman–Crippen MR) is 69.6 cm³/mol. The highest BCUT2D eigenvalue weighted by Gasteiger charge is 2.55. The van der Waals surface area contributed by atoms with Crippen LogP contribution in [-0.4, -0.2) is 35.1 Å². The number of amides is 2. The van der Waals surface area contributed by atoms with Gasteiger partial charge in [-0.3, -0.25) is 19.7 Å². The largest absolute Gasteiger partial charge is 0.507 e. The SMILES string of the molecule is Cc1cc(C2C3C(=O)NC(=O)C3ON2C)cc(C)c1O. The number of benzene rings is 1. The van der Waals surface area contributed by atoms with Crippen molar-refractivity contribution in [3.8, 4) is 5.75 Å². The van der Waals surface area contributed by atoms with Crippen molar-refractivity contribution >= 4 is 11.8 Å². The van der Waals surface area contributed by atoms with Gasteiger partial charge in [-0.1, -0.05) is 12.1 Å². The molecule has 2 heterocycles. The van der Waals surface area contributed by atoms with Gasteiger partial charge in [0.25, 0.3) is 5.91 Å². The first-order chi connectivity index (χ1) is 9.40. The number of hydrogen-bond donors (Lipinski definition) is 2. The third kappa shape index (κ3) is 1.72. The van der Waals surface area contributed by atoms with Crippen LogP contribution in [0.1, 0.15) is 22.7 Å². The van der Waals surface area contributed by atoms with Gasteiger partial charge >= 0.3 is 0 Å². The molecule has 0 aliphatic carbocycles. The first-order valence-electron chi connectivity index (χ1n) is 6.44.